The predicted molar refractivity (Wildman–Crippen MR) is 59.7 cm³/mol. The van der Waals surface area contributed by atoms with Crippen LogP contribution in [0.25, 0.3) is 0 Å². The number of benzene rings is 1. The van der Waals surface area contributed by atoms with Gasteiger partial charge in [-0.25, -0.2) is 0 Å². The summed E-state index contributed by atoms with van der Waals surface area (Å²) in [5.41, 5.74) is 5.59. The molecule has 1 heterocycles. The van der Waals surface area contributed by atoms with Crippen molar-refractivity contribution in [1.29, 1.82) is 0 Å². The molecule has 80 valence electrons. The van der Waals surface area contributed by atoms with Crippen molar-refractivity contribution in [2.24, 2.45) is 10.8 Å². The Hall–Kier alpha value is -2.43. The lowest BCUT2D eigenvalue weighted by Crippen LogP contribution is -2.24. The van der Waals surface area contributed by atoms with Crippen LogP contribution in [0.3, 0.4) is 0 Å². The Morgan fingerprint density at radius 3 is 2.44 bits per heavy atom. The molecule has 2 N–H and O–H groups in total. The third-order valence-corrected chi connectivity index (χ3v) is 2.17. The fourth-order valence-electron chi connectivity index (χ4n) is 1.38. The molecular weight excluding hydrogens is 206 g/mol. The van der Waals surface area contributed by atoms with E-state index < -0.39 is 11.8 Å². The fraction of sp³-hybridized carbons (Fsp3) is 0. The molecule has 0 aliphatic carbocycles. The minimum atomic E-state index is -0.753. The average Bonchev–Trinajstić information content (AvgIpc) is 2.58. The quantitative estimate of drug-likeness (QED) is 0.726. The van der Waals surface area contributed by atoms with Gasteiger partial charge >= 0.3 is 0 Å². The number of amides is 2. The Kier molecular flexibility index (Phi) is 2.28. The monoisotopic (exact) mass is 215 g/mol. The van der Waals surface area contributed by atoms with E-state index in [1.54, 1.807) is 24.3 Å². The van der Waals surface area contributed by atoms with Crippen LogP contribution in [0, 0.1) is 0 Å². The van der Waals surface area contributed by atoms with Crippen LogP contribution >= 0.6 is 0 Å². The molecule has 0 saturated carbocycles. The van der Waals surface area contributed by atoms with E-state index in [2.05, 4.69) is 11.7 Å². The Morgan fingerprint density at radius 2 is 1.94 bits per heavy atom. The minimum absolute atomic E-state index is 0.0244. The van der Waals surface area contributed by atoms with Crippen LogP contribution in [0.4, 0.5) is 5.69 Å². The first kappa shape index (κ1) is 10.1. The summed E-state index contributed by atoms with van der Waals surface area (Å²) in [5.74, 6) is -1.18. The van der Waals surface area contributed by atoms with Gasteiger partial charge in [-0.1, -0.05) is 24.8 Å². The third-order valence-electron chi connectivity index (χ3n) is 2.17. The van der Waals surface area contributed by atoms with Crippen LogP contribution in [-0.2, 0) is 9.59 Å². The number of carbonyl (C=O) groups excluding carboxylic acids is 2. The highest BCUT2D eigenvalue weighted by atomic mass is 16.2. The molecule has 5 heteroatoms. The van der Waals surface area contributed by atoms with Gasteiger partial charge in [0.2, 0.25) is 0 Å². The zero-order valence-electron chi connectivity index (χ0n) is 8.38. The Balaban J connectivity index is 2.42. The SMILES string of the molecule is C=C1C(=O)N(c2ccccc2)N=C1C(N)=O. The Morgan fingerprint density at radius 1 is 1.31 bits per heavy atom. The molecule has 1 aliphatic heterocycles. The molecular formula is C11H9N3O2. The zero-order chi connectivity index (χ0) is 11.7. The summed E-state index contributed by atoms with van der Waals surface area (Å²) >= 11 is 0. The number of rotatable bonds is 2. The number of nitrogens with zero attached hydrogens (tertiary/aromatic N) is 2. The second-order valence-corrected chi connectivity index (χ2v) is 3.24. The lowest BCUT2D eigenvalue weighted by Gasteiger charge is -2.10. The number of para-hydroxylation sites is 1. The van der Waals surface area contributed by atoms with E-state index in [1.165, 1.54) is 0 Å². The summed E-state index contributed by atoms with van der Waals surface area (Å²) in [7, 11) is 0. The highest BCUT2D eigenvalue weighted by Crippen LogP contribution is 2.21. The highest BCUT2D eigenvalue weighted by Gasteiger charge is 2.32. The van der Waals surface area contributed by atoms with Gasteiger partial charge in [-0.3, -0.25) is 9.59 Å². The third kappa shape index (κ3) is 1.48. The van der Waals surface area contributed by atoms with Crippen molar-refractivity contribution in [3.63, 3.8) is 0 Å². The van der Waals surface area contributed by atoms with Crippen molar-refractivity contribution in [2.75, 3.05) is 5.01 Å². The number of nitrogens with two attached hydrogens (primary N) is 1. The van der Waals surface area contributed by atoms with Gasteiger partial charge in [0.15, 0.2) is 5.71 Å². The second-order valence-electron chi connectivity index (χ2n) is 3.24. The van der Waals surface area contributed by atoms with E-state index in [1.807, 2.05) is 6.07 Å². The topological polar surface area (TPSA) is 75.8 Å². The molecule has 0 bridgehead atoms. The largest absolute Gasteiger partial charge is 0.364 e. The number of primary amides is 1. The fourth-order valence-corrected chi connectivity index (χ4v) is 1.38. The molecule has 0 saturated heterocycles. The molecule has 0 fully saturated rings. The van der Waals surface area contributed by atoms with E-state index in [0.29, 0.717) is 5.69 Å². The van der Waals surface area contributed by atoms with E-state index in [0.717, 1.165) is 5.01 Å². The summed E-state index contributed by atoms with van der Waals surface area (Å²) < 4.78 is 0. The van der Waals surface area contributed by atoms with E-state index >= 15 is 0 Å². The average molecular weight is 215 g/mol. The Labute approximate surface area is 91.8 Å². The molecule has 2 rings (SSSR count). The normalized spacial score (nSPS) is 15.2. The molecule has 0 unspecified atom stereocenters. The van der Waals surface area contributed by atoms with Gasteiger partial charge in [-0.15, -0.1) is 0 Å². The van der Waals surface area contributed by atoms with Gasteiger partial charge in [0.25, 0.3) is 11.8 Å². The van der Waals surface area contributed by atoms with Gasteiger partial charge in [0.1, 0.15) is 0 Å². The van der Waals surface area contributed by atoms with Crippen LogP contribution in [0.15, 0.2) is 47.6 Å². The minimum Gasteiger partial charge on any atom is -0.364 e. The van der Waals surface area contributed by atoms with E-state index in [9.17, 15) is 9.59 Å². The van der Waals surface area contributed by atoms with Crippen molar-refractivity contribution >= 4 is 23.2 Å². The number of carbonyl (C=O) groups is 2. The van der Waals surface area contributed by atoms with Crippen LogP contribution in [-0.4, -0.2) is 17.5 Å². The number of hydrogen-bond donors (Lipinski definition) is 1. The van der Waals surface area contributed by atoms with E-state index in [4.69, 9.17) is 5.73 Å². The predicted octanol–water partition coefficient (Wildman–Crippen LogP) is 0.431. The molecule has 0 aromatic heterocycles. The molecule has 5 nitrogen and oxygen atoms in total. The van der Waals surface area contributed by atoms with Gasteiger partial charge in [-0.05, 0) is 12.1 Å². The van der Waals surface area contributed by atoms with E-state index in [-0.39, 0.29) is 11.3 Å². The smallest absolute Gasteiger partial charge is 0.280 e. The summed E-state index contributed by atoms with van der Waals surface area (Å²) in [6, 6.07) is 8.76. The molecule has 0 radical (unpaired) electrons. The first-order chi connectivity index (χ1) is 7.61. The highest BCUT2D eigenvalue weighted by molar-refractivity contribution is 6.54. The first-order valence-corrected chi connectivity index (χ1v) is 4.58. The summed E-state index contributed by atoms with van der Waals surface area (Å²) in [6.07, 6.45) is 0. The van der Waals surface area contributed by atoms with Crippen LogP contribution in [0.1, 0.15) is 0 Å². The lowest BCUT2D eigenvalue weighted by atomic mass is 10.2. The standard InChI is InChI=1S/C11H9N3O2/c1-7-9(10(12)15)13-14(11(7)16)8-5-3-2-4-6-8/h2-6H,1H2,(H2,12,15). The lowest BCUT2D eigenvalue weighted by molar-refractivity contribution is -0.115. The van der Waals surface area contributed by atoms with Crippen molar-refractivity contribution in [3.8, 4) is 0 Å². The van der Waals surface area contributed by atoms with Crippen molar-refractivity contribution in [3.05, 3.63) is 42.5 Å². The molecule has 1 aromatic carbocycles. The summed E-state index contributed by atoms with van der Waals surface area (Å²) in [6.45, 7) is 3.49. The Bertz CT molecular complexity index is 505. The first-order valence-electron chi connectivity index (χ1n) is 4.58. The number of hydrogen-bond acceptors (Lipinski definition) is 3. The van der Waals surface area contributed by atoms with Crippen LogP contribution < -0.4 is 10.7 Å². The summed E-state index contributed by atoms with van der Waals surface area (Å²) in [4.78, 5) is 22.7. The van der Waals surface area contributed by atoms with Gasteiger partial charge in [0.05, 0.1) is 11.3 Å². The maximum absolute atomic E-state index is 11.7. The summed E-state index contributed by atoms with van der Waals surface area (Å²) in [5, 5.41) is 4.96. The van der Waals surface area contributed by atoms with Gasteiger partial charge in [0, 0.05) is 0 Å². The maximum atomic E-state index is 11.7. The molecule has 1 aliphatic rings. The molecule has 0 atom stereocenters. The molecule has 1 aromatic rings. The van der Waals surface area contributed by atoms with Crippen LogP contribution in [0.5, 0.6) is 0 Å². The van der Waals surface area contributed by atoms with Crippen LogP contribution in [0.2, 0.25) is 0 Å². The van der Waals surface area contributed by atoms with Crippen molar-refractivity contribution < 1.29 is 9.59 Å². The van der Waals surface area contributed by atoms with Gasteiger partial charge < -0.3 is 5.73 Å². The van der Waals surface area contributed by atoms with Gasteiger partial charge in [-0.2, -0.15) is 10.1 Å². The number of anilines is 1. The maximum Gasteiger partial charge on any atom is 0.280 e. The zero-order valence-corrected chi connectivity index (χ0v) is 8.38. The molecule has 0 spiro atoms. The van der Waals surface area contributed by atoms with Crippen molar-refractivity contribution in [2.45, 2.75) is 0 Å². The number of hydrazone groups is 1. The molecule has 2 amide bonds. The molecule has 16 heavy (non-hydrogen) atoms. The second kappa shape index (κ2) is 3.62. The van der Waals surface area contributed by atoms with Crippen molar-refractivity contribution in [1.82, 2.24) is 0 Å².